The SMILES string of the molecule is COC(=O)/C=C1/[CH-][C@@]2(O)O[C@@H](C1)C[C@H]([C@@H](C)O)CC(=O)C[C@H](O)C[C@@H]1C[C@H](C)C(C)(C)[C@](O)(C[C@@H]3C/C(=C/C(=O)OC)C[C@H](/C=C/C2(C)C)O3)O1.[Rb+]. The number of fused-ring (bicyclic) bond motifs is 6. The first-order valence-electron chi connectivity index (χ1n) is 18.1. The van der Waals surface area contributed by atoms with Crippen molar-refractivity contribution in [1.29, 1.82) is 0 Å². The smallest absolute Gasteiger partial charge is 0.479 e. The summed E-state index contributed by atoms with van der Waals surface area (Å²) in [6, 6.07) is 0. The average Bonchev–Trinajstić information content (AvgIpc) is 3.01. The second-order valence-electron chi connectivity index (χ2n) is 16.3. The molecule has 3 fully saturated rings. The molecular formula is C39H59O12Rb. The molecule has 6 bridgehead atoms. The van der Waals surface area contributed by atoms with Crippen molar-refractivity contribution in [3.63, 3.8) is 0 Å². The number of rotatable bonds is 3. The molecule has 3 saturated heterocycles. The summed E-state index contributed by atoms with van der Waals surface area (Å²) in [6.07, 6.45) is 5.17. The maximum Gasteiger partial charge on any atom is 1.00 e. The summed E-state index contributed by atoms with van der Waals surface area (Å²) in [7, 11) is 2.57. The summed E-state index contributed by atoms with van der Waals surface area (Å²) in [5.41, 5.74) is -0.589. The van der Waals surface area contributed by atoms with E-state index in [4.69, 9.17) is 23.7 Å². The number of esters is 2. The fraction of sp³-hybridized carbons (Fsp3) is 0.744. The van der Waals surface area contributed by atoms with E-state index in [1.54, 1.807) is 32.9 Å². The predicted octanol–water partition coefficient (Wildman–Crippen LogP) is 1.03. The minimum atomic E-state index is -1.93. The molecule has 0 unspecified atom stereocenters. The minimum absolute atomic E-state index is 0. The molecule has 0 aromatic rings. The summed E-state index contributed by atoms with van der Waals surface area (Å²) < 4.78 is 29.1. The van der Waals surface area contributed by atoms with Crippen LogP contribution in [-0.4, -0.2) is 101 Å². The molecule has 10 atom stereocenters. The third-order valence-electron chi connectivity index (χ3n) is 11.6. The molecule has 288 valence electrons. The Hall–Kier alpha value is -0.775. The second kappa shape index (κ2) is 18.4. The zero-order valence-corrected chi connectivity index (χ0v) is 37.3. The summed E-state index contributed by atoms with van der Waals surface area (Å²) in [4.78, 5) is 38.0. The molecule has 4 rings (SSSR count). The van der Waals surface area contributed by atoms with E-state index >= 15 is 0 Å². The molecule has 0 saturated carbocycles. The van der Waals surface area contributed by atoms with Gasteiger partial charge in [0, 0.05) is 42.6 Å². The molecule has 0 spiro atoms. The maximum atomic E-state index is 13.3. The fourth-order valence-electron chi connectivity index (χ4n) is 7.83. The zero-order valence-electron chi connectivity index (χ0n) is 32.4. The van der Waals surface area contributed by atoms with E-state index in [9.17, 15) is 34.8 Å². The van der Waals surface area contributed by atoms with Gasteiger partial charge < -0.3 is 44.1 Å². The van der Waals surface area contributed by atoms with Gasteiger partial charge in [-0.2, -0.15) is 12.0 Å². The van der Waals surface area contributed by atoms with Crippen molar-refractivity contribution in [2.75, 3.05) is 14.2 Å². The van der Waals surface area contributed by atoms with Gasteiger partial charge in [-0.25, -0.2) is 4.79 Å². The van der Waals surface area contributed by atoms with Crippen LogP contribution < -0.4 is 58.2 Å². The van der Waals surface area contributed by atoms with Gasteiger partial charge in [-0.1, -0.05) is 52.3 Å². The van der Waals surface area contributed by atoms with Crippen molar-refractivity contribution in [2.45, 2.75) is 148 Å². The Morgan fingerprint density at radius 3 is 2.21 bits per heavy atom. The molecular weight excluding hydrogens is 746 g/mol. The first kappa shape index (κ1) is 45.6. The molecule has 0 aliphatic carbocycles. The normalized spacial score (nSPS) is 39.6. The number of carbonyl (C=O) groups excluding carboxylic acids is 3. The van der Waals surface area contributed by atoms with Crippen molar-refractivity contribution >= 4 is 17.7 Å². The van der Waals surface area contributed by atoms with E-state index in [1.807, 2.05) is 20.8 Å². The zero-order chi connectivity index (χ0) is 37.9. The summed E-state index contributed by atoms with van der Waals surface area (Å²) in [5.74, 6) is -5.54. The number of methoxy groups -OCH3 is 2. The van der Waals surface area contributed by atoms with Gasteiger partial charge in [0.25, 0.3) is 0 Å². The molecule has 4 heterocycles. The van der Waals surface area contributed by atoms with Gasteiger partial charge in [0.1, 0.15) is 11.6 Å². The van der Waals surface area contributed by atoms with Gasteiger partial charge in [-0.3, -0.25) is 9.59 Å². The average molecular weight is 805 g/mol. The van der Waals surface area contributed by atoms with Crippen LogP contribution in [-0.2, 0) is 38.1 Å². The Kier molecular flexibility index (Phi) is 16.2. The number of ketones is 1. The van der Waals surface area contributed by atoms with Crippen LogP contribution in [0.3, 0.4) is 0 Å². The molecule has 4 N–H and O–H groups in total. The number of aliphatic hydroxyl groups is 4. The van der Waals surface area contributed by atoms with Gasteiger partial charge >= 0.3 is 64.2 Å². The summed E-state index contributed by atoms with van der Waals surface area (Å²) in [5, 5.41) is 46.2. The molecule has 0 radical (unpaired) electrons. The van der Waals surface area contributed by atoms with E-state index in [0.29, 0.717) is 24.8 Å². The first-order chi connectivity index (χ1) is 23.7. The second-order valence-corrected chi connectivity index (χ2v) is 16.3. The number of hydrogen-bond acceptors (Lipinski definition) is 12. The van der Waals surface area contributed by atoms with Crippen LogP contribution in [0.25, 0.3) is 0 Å². The number of Topliss-reactive ketones (excluding diaryl/α,β-unsaturated/α-hetero) is 1. The standard InChI is InChI=1S/C39H59O12.Rb/c1-23-11-31-20-29(42)19-28(41)17-27(24(2)40)18-32-14-26(16-35(44)48-8)21-38(45,50-32)36(3,4)10-9-30-12-25(15-34(43)47-7)13-33(49-30)22-39(46,51-31)37(23,5)6;/h9-10,15-16,21,23-24,27,29-33,40,42,45-46H,11-14,17-20,22H2,1-8H3;/q-1;+1/b10-9+,25-15+,26-16+;/t23-,24+,27+,29-,30-,31-,32-,33-,38+,39-;/m0./s1. The van der Waals surface area contributed by atoms with Crippen LogP contribution in [0.5, 0.6) is 0 Å². The molecule has 0 amide bonds. The van der Waals surface area contributed by atoms with Crippen molar-refractivity contribution in [3.8, 4) is 0 Å². The van der Waals surface area contributed by atoms with Crippen LogP contribution in [0.2, 0.25) is 0 Å². The van der Waals surface area contributed by atoms with Crippen molar-refractivity contribution in [2.24, 2.45) is 22.7 Å². The van der Waals surface area contributed by atoms with E-state index in [0.717, 1.165) is 5.57 Å². The van der Waals surface area contributed by atoms with Crippen molar-refractivity contribution in [3.05, 3.63) is 41.9 Å². The summed E-state index contributed by atoms with van der Waals surface area (Å²) >= 11 is 0. The van der Waals surface area contributed by atoms with Crippen LogP contribution in [0.15, 0.2) is 35.5 Å². The number of carbonyl (C=O) groups is 3. The molecule has 12 nitrogen and oxygen atoms in total. The van der Waals surface area contributed by atoms with Gasteiger partial charge in [0.2, 0.25) is 5.97 Å². The monoisotopic (exact) mass is 804 g/mol. The van der Waals surface area contributed by atoms with Gasteiger partial charge in [-0.15, -0.1) is 6.08 Å². The Balaban J connectivity index is 0.00000729. The van der Waals surface area contributed by atoms with Crippen LogP contribution >= 0.6 is 0 Å². The van der Waals surface area contributed by atoms with Gasteiger partial charge in [0.05, 0.1) is 50.8 Å². The molecule has 4 aliphatic rings. The van der Waals surface area contributed by atoms with Crippen molar-refractivity contribution in [1.82, 2.24) is 0 Å². The predicted molar refractivity (Wildman–Crippen MR) is 186 cm³/mol. The van der Waals surface area contributed by atoms with Crippen LogP contribution in [0, 0.1) is 29.1 Å². The largest absolute Gasteiger partial charge is 1.00 e. The molecule has 13 heteroatoms. The summed E-state index contributed by atoms with van der Waals surface area (Å²) in [6.45, 7) is 11.0. The fourth-order valence-corrected chi connectivity index (χ4v) is 7.83. The number of aliphatic hydroxyl groups excluding tert-OH is 2. The van der Waals surface area contributed by atoms with Crippen LogP contribution in [0.4, 0.5) is 0 Å². The molecule has 52 heavy (non-hydrogen) atoms. The van der Waals surface area contributed by atoms with E-state index in [2.05, 4.69) is 0 Å². The third kappa shape index (κ3) is 11.2. The Labute approximate surface area is 357 Å². The molecule has 0 aromatic carbocycles. The Morgan fingerprint density at radius 1 is 0.923 bits per heavy atom. The van der Waals surface area contributed by atoms with E-state index in [-0.39, 0.29) is 108 Å². The van der Waals surface area contributed by atoms with Crippen LogP contribution in [0.1, 0.15) is 99.3 Å². The molecule has 0 aromatic heterocycles. The minimum Gasteiger partial charge on any atom is -0.479 e. The Bertz CT molecular complexity index is 1370. The first-order valence-corrected chi connectivity index (χ1v) is 18.1. The maximum absolute atomic E-state index is 13.3. The van der Waals surface area contributed by atoms with Gasteiger partial charge in [-0.05, 0) is 50.9 Å². The van der Waals surface area contributed by atoms with Gasteiger partial charge in [0.15, 0.2) is 5.79 Å². The third-order valence-corrected chi connectivity index (χ3v) is 11.6. The van der Waals surface area contributed by atoms with E-state index < -0.39 is 76.9 Å². The Morgan fingerprint density at radius 2 is 1.58 bits per heavy atom. The quantitative estimate of drug-likeness (QED) is 0.138. The van der Waals surface area contributed by atoms with Crippen molar-refractivity contribution < 1.29 is 117 Å². The molecule has 4 aliphatic heterocycles. The van der Waals surface area contributed by atoms with E-state index in [1.165, 1.54) is 32.8 Å². The number of ether oxygens (including phenoxy) is 5. The number of hydrogen-bond donors (Lipinski definition) is 4. The topological polar surface area (TPSA) is 178 Å².